The van der Waals surface area contributed by atoms with Gasteiger partial charge in [-0.15, -0.1) is 11.3 Å². The van der Waals surface area contributed by atoms with Crippen LogP contribution >= 0.6 is 11.3 Å². The molecular formula is C15H20N2O2S. The van der Waals surface area contributed by atoms with Gasteiger partial charge >= 0.3 is 0 Å². The van der Waals surface area contributed by atoms with Gasteiger partial charge in [-0.2, -0.15) is 0 Å². The molecule has 20 heavy (non-hydrogen) atoms. The van der Waals surface area contributed by atoms with Crippen LogP contribution in [0.1, 0.15) is 48.7 Å². The molecule has 5 heteroatoms. The van der Waals surface area contributed by atoms with E-state index in [1.807, 2.05) is 0 Å². The summed E-state index contributed by atoms with van der Waals surface area (Å²) in [4.78, 5) is 16.8. The minimum atomic E-state index is 0.0899. The van der Waals surface area contributed by atoms with Gasteiger partial charge in [0.1, 0.15) is 0 Å². The van der Waals surface area contributed by atoms with Crippen LogP contribution in [0, 0.1) is 5.92 Å². The van der Waals surface area contributed by atoms with Crippen molar-refractivity contribution in [2.24, 2.45) is 5.92 Å². The minimum Gasteiger partial charge on any atom is -0.374 e. The lowest BCUT2D eigenvalue weighted by atomic mass is 9.88. The molecule has 0 radical (unpaired) electrons. The van der Waals surface area contributed by atoms with Gasteiger partial charge in [0, 0.05) is 24.3 Å². The maximum absolute atomic E-state index is 12.1. The molecule has 1 amide bonds. The van der Waals surface area contributed by atoms with E-state index in [2.05, 4.69) is 15.7 Å². The van der Waals surface area contributed by atoms with Gasteiger partial charge in [-0.05, 0) is 32.1 Å². The largest absolute Gasteiger partial charge is 0.374 e. The molecule has 2 aliphatic heterocycles. The summed E-state index contributed by atoms with van der Waals surface area (Å²) < 4.78 is 5.74. The van der Waals surface area contributed by atoms with Crippen LogP contribution in [-0.2, 0) is 16.0 Å². The molecule has 3 atom stereocenters. The highest BCUT2D eigenvalue weighted by Gasteiger charge is 2.44. The number of thiazole rings is 1. The summed E-state index contributed by atoms with van der Waals surface area (Å²) in [5, 5.41) is 6.39. The zero-order chi connectivity index (χ0) is 13.5. The molecule has 3 heterocycles. The van der Waals surface area contributed by atoms with E-state index < -0.39 is 0 Å². The molecule has 108 valence electrons. The molecule has 2 bridgehead atoms. The van der Waals surface area contributed by atoms with Crippen molar-refractivity contribution in [2.45, 2.75) is 56.7 Å². The Balaban J connectivity index is 1.24. The Hall–Kier alpha value is -0.940. The first-order valence-corrected chi connectivity index (χ1v) is 8.55. The molecule has 1 aromatic rings. The number of nitrogens with zero attached hydrogens (tertiary/aromatic N) is 1. The normalized spacial score (nSPS) is 31.7. The molecule has 1 N–H and O–H groups in total. The van der Waals surface area contributed by atoms with Crippen molar-refractivity contribution >= 4 is 17.2 Å². The number of nitrogens with one attached hydrogen (secondary N) is 1. The third kappa shape index (κ3) is 2.49. The number of amides is 1. The maximum atomic E-state index is 12.1. The second kappa shape index (κ2) is 5.11. The van der Waals surface area contributed by atoms with Crippen molar-refractivity contribution in [1.82, 2.24) is 10.3 Å². The van der Waals surface area contributed by atoms with Gasteiger partial charge in [0.05, 0.1) is 28.8 Å². The number of hydrogen-bond acceptors (Lipinski definition) is 4. The minimum absolute atomic E-state index is 0.0899. The quantitative estimate of drug-likeness (QED) is 0.905. The van der Waals surface area contributed by atoms with Crippen LogP contribution in [0.15, 0.2) is 5.38 Å². The van der Waals surface area contributed by atoms with Crippen LogP contribution in [0.5, 0.6) is 0 Å². The van der Waals surface area contributed by atoms with E-state index in [9.17, 15) is 4.79 Å². The fraction of sp³-hybridized carbons (Fsp3) is 0.733. The number of carbonyl (C=O) groups is 1. The predicted octanol–water partition coefficient (Wildman–Crippen LogP) is 2.25. The van der Waals surface area contributed by atoms with Crippen LogP contribution in [0.3, 0.4) is 0 Å². The maximum Gasteiger partial charge on any atom is 0.225 e. The average molecular weight is 292 g/mol. The highest BCUT2D eigenvalue weighted by atomic mass is 32.1. The van der Waals surface area contributed by atoms with E-state index in [0.717, 1.165) is 36.6 Å². The first-order chi connectivity index (χ1) is 9.79. The Kier molecular flexibility index (Phi) is 3.27. The standard InChI is InChI=1S/C15H20N2O2S/c18-15(11-7-10-3-4-13(11)19-10)16-6-5-14-17-12(8-20-14)9-1-2-9/h8-11,13H,1-7H2,(H,16,18)/t10-,11+,13-/m1/s1. The number of hydrogen-bond donors (Lipinski definition) is 1. The second-order valence-corrected chi connectivity index (χ2v) is 7.14. The van der Waals surface area contributed by atoms with Crippen molar-refractivity contribution in [3.8, 4) is 0 Å². The van der Waals surface area contributed by atoms with E-state index >= 15 is 0 Å². The van der Waals surface area contributed by atoms with Crippen LogP contribution in [0.4, 0.5) is 0 Å². The molecular weight excluding hydrogens is 272 g/mol. The van der Waals surface area contributed by atoms with Crippen LogP contribution in [0.25, 0.3) is 0 Å². The summed E-state index contributed by atoms with van der Waals surface area (Å²) in [5.74, 6) is 0.990. The first-order valence-electron chi connectivity index (χ1n) is 7.67. The summed E-state index contributed by atoms with van der Waals surface area (Å²) in [5.41, 5.74) is 1.26. The Bertz CT molecular complexity index is 512. The van der Waals surface area contributed by atoms with Crippen molar-refractivity contribution in [3.63, 3.8) is 0 Å². The number of carbonyl (C=O) groups excluding carboxylic acids is 1. The summed E-state index contributed by atoms with van der Waals surface area (Å²) in [6, 6.07) is 0. The zero-order valence-corrected chi connectivity index (χ0v) is 12.3. The first kappa shape index (κ1) is 12.8. The van der Waals surface area contributed by atoms with E-state index in [1.165, 1.54) is 18.5 Å². The van der Waals surface area contributed by atoms with Crippen molar-refractivity contribution in [1.29, 1.82) is 0 Å². The number of fused-ring (bicyclic) bond motifs is 2. The van der Waals surface area contributed by atoms with Gasteiger partial charge in [0.2, 0.25) is 5.91 Å². The Morgan fingerprint density at radius 1 is 1.40 bits per heavy atom. The highest BCUT2D eigenvalue weighted by Crippen LogP contribution is 2.40. The fourth-order valence-electron chi connectivity index (χ4n) is 3.34. The SMILES string of the molecule is O=C(NCCc1nc(C2CC2)cs1)[C@H]1C[C@H]2CC[C@H]1O2. The van der Waals surface area contributed by atoms with Gasteiger partial charge in [-0.3, -0.25) is 4.79 Å². The summed E-state index contributed by atoms with van der Waals surface area (Å²) in [7, 11) is 0. The van der Waals surface area contributed by atoms with Crippen LogP contribution < -0.4 is 5.32 Å². The third-order valence-corrected chi connectivity index (χ3v) is 5.57. The van der Waals surface area contributed by atoms with Crippen molar-refractivity contribution in [2.75, 3.05) is 6.54 Å². The van der Waals surface area contributed by atoms with Gasteiger partial charge in [-0.25, -0.2) is 4.98 Å². The topological polar surface area (TPSA) is 51.2 Å². The average Bonchev–Trinajstić information content (AvgIpc) is 2.90. The van der Waals surface area contributed by atoms with E-state index in [-0.39, 0.29) is 17.9 Å². The van der Waals surface area contributed by atoms with Crippen LogP contribution in [-0.4, -0.2) is 29.6 Å². The van der Waals surface area contributed by atoms with E-state index in [1.54, 1.807) is 11.3 Å². The van der Waals surface area contributed by atoms with Crippen molar-refractivity contribution in [3.05, 3.63) is 16.1 Å². The molecule has 1 aromatic heterocycles. The number of rotatable bonds is 5. The molecule has 4 nitrogen and oxygen atoms in total. The molecule has 0 unspecified atom stereocenters. The molecule has 1 saturated carbocycles. The molecule has 0 aromatic carbocycles. The molecule has 4 rings (SSSR count). The van der Waals surface area contributed by atoms with Crippen molar-refractivity contribution < 1.29 is 9.53 Å². The monoisotopic (exact) mass is 292 g/mol. The summed E-state index contributed by atoms with van der Waals surface area (Å²) in [6.45, 7) is 0.699. The molecule has 3 aliphatic rings. The second-order valence-electron chi connectivity index (χ2n) is 6.20. The van der Waals surface area contributed by atoms with Gasteiger partial charge < -0.3 is 10.1 Å². The molecule has 3 fully saturated rings. The molecule has 1 aliphatic carbocycles. The van der Waals surface area contributed by atoms with E-state index in [0.29, 0.717) is 12.6 Å². The van der Waals surface area contributed by atoms with Crippen LogP contribution in [0.2, 0.25) is 0 Å². The lowest BCUT2D eigenvalue weighted by molar-refractivity contribution is -0.126. The Morgan fingerprint density at radius 3 is 3.00 bits per heavy atom. The Labute approximate surface area is 122 Å². The van der Waals surface area contributed by atoms with Gasteiger partial charge in [0.15, 0.2) is 0 Å². The molecule has 2 saturated heterocycles. The number of aromatic nitrogens is 1. The predicted molar refractivity (Wildman–Crippen MR) is 76.8 cm³/mol. The fourth-order valence-corrected chi connectivity index (χ4v) is 4.22. The zero-order valence-electron chi connectivity index (χ0n) is 11.5. The van der Waals surface area contributed by atoms with E-state index in [4.69, 9.17) is 4.74 Å². The Morgan fingerprint density at radius 2 is 2.30 bits per heavy atom. The lowest BCUT2D eigenvalue weighted by Gasteiger charge is -2.17. The van der Waals surface area contributed by atoms with Gasteiger partial charge in [0.25, 0.3) is 0 Å². The van der Waals surface area contributed by atoms with Gasteiger partial charge in [-0.1, -0.05) is 0 Å². The summed E-state index contributed by atoms with van der Waals surface area (Å²) in [6.07, 6.45) is 7.08. The smallest absolute Gasteiger partial charge is 0.225 e. The molecule has 0 spiro atoms. The summed E-state index contributed by atoms with van der Waals surface area (Å²) >= 11 is 1.73. The number of ether oxygens (including phenoxy) is 1. The highest BCUT2D eigenvalue weighted by molar-refractivity contribution is 7.09. The lowest BCUT2D eigenvalue weighted by Crippen LogP contribution is -2.37. The third-order valence-electron chi connectivity index (χ3n) is 4.65.